The van der Waals surface area contributed by atoms with Crippen LogP contribution in [0.4, 0.5) is 0 Å². The van der Waals surface area contributed by atoms with Gasteiger partial charge in [0, 0.05) is 6.42 Å². The molecule has 1 aromatic rings. The van der Waals surface area contributed by atoms with Crippen LogP contribution in [0.15, 0.2) is 22.8 Å². The first-order valence-corrected chi connectivity index (χ1v) is 4.86. The number of carboxylic acid groups (broad SMARTS) is 1. The van der Waals surface area contributed by atoms with E-state index < -0.39 is 5.97 Å². The Morgan fingerprint density at radius 2 is 2.29 bits per heavy atom. The van der Waals surface area contributed by atoms with Crippen molar-refractivity contribution in [2.45, 2.75) is 26.7 Å². The molecular weight excluding hydrogens is 180 g/mol. The molecule has 1 aromatic heterocycles. The molecule has 0 saturated carbocycles. The van der Waals surface area contributed by atoms with Gasteiger partial charge in [-0.2, -0.15) is 0 Å². The summed E-state index contributed by atoms with van der Waals surface area (Å²) < 4.78 is 5.15. The predicted molar refractivity (Wildman–Crippen MR) is 53.0 cm³/mol. The van der Waals surface area contributed by atoms with E-state index in [4.69, 9.17) is 9.52 Å². The summed E-state index contributed by atoms with van der Waals surface area (Å²) in [5.41, 5.74) is 0. The average molecular weight is 196 g/mol. The summed E-state index contributed by atoms with van der Waals surface area (Å²) in [7, 11) is 0. The molecule has 0 aliphatic carbocycles. The van der Waals surface area contributed by atoms with Gasteiger partial charge >= 0.3 is 5.97 Å². The van der Waals surface area contributed by atoms with Crippen molar-refractivity contribution in [1.82, 2.24) is 0 Å². The van der Waals surface area contributed by atoms with Crippen molar-refractivity contribution in [2.75, 3.05) is 0 Å². The molecule has 0 aromatic carbocycles. The highest BCUT2D eigenvalue weighted by molar-refractivity contribution is 5.70. The van der Waals surface area contributed by atoms with Crippen LogP contribution in [0, 0.1) is 11.8 Å². The van der Waals surface area contributed by atoms with Crippen LogP contribution >= 0.6 is 0 Å². The zero-order valence-electron chi connectivity index (χ0n) is 8.56. The van der Waals surface area contributed by atoms with Crippen molar-refractivity contribution in [1.29, 1.82) is 0 Å². The second kappa shape index (κ2) is 4.84. The standard InChI is InChI=1S/C11H16O3/c1-8(2)10(11(12)13)6-5-9-4-3-7-14-9/h3-4,7-8,10H,5-6H2,1-2H3,(H,12,13). The van der Waals surface area contributed by atoms with E-state index in [1.165, 1.54) is 0 Å². The van der Waals surface area contributed by atoms with Crippen LogP contribution in [0.3, 0.4) is 0 Å². The Morgan fingerprint density at radius 3 is 2.71 bits per heavy atom. The molecule has 1 atom stereocenters. The third-order valence-electron chi connectivity index (χ3n) is 2.40. The lowest BCUT2D eigenvalue weighted by molar-refractivity contribution is -0.143. The van der Waals surface area contributed by atoms with Gasteiger partial charge in [0.1, 0.15) is 5.76 Å². The van der Waals surface area contributed by atoms with E-state index in [1.807, 2.05) is 26.0 Å². The number of rotatable bonds is 5. The van der Waals surface area contributed by atoms with E-state index >= 15 is 0 Å². The Kier molecular flexibility index (Phi) is 3.74. The second-order valence-electron chi connectivity index (χ2n) is 3.81. The third-order valence-corrected chi connectivity index (χ3v) is 2.40. The molecule has 0 fully saturated rings. The van der Waals surface area contributed by atoms with Crippen molar-refractivity contribution in [3.63, 3.8) is 0 Å². The van der Waals surface area contributed by atoms with E-state index in [-0.39, 0.29) is 11.8 Å². The van der Waals surface area contributed by atoms with Gasteiger partial charge in [-0.3, -0.25) is 4.79 Å². The number of carbonyl (C=O) groups is 1. The molecule has 78 valence electrons. The number of aryl methyl sites for hydroxylation is 1. The second-order valence-corrected chi connectivity index (χ2v) is 3.81. The van der Waals surface area contributed by atoms with E-state index in [9.17, 15) is 4.79 Å². The molecule has 0 aliphatic rings. The summed E-state index contributed by atoms with van der Waals surface area (Å²) in [5, 5.41) is 8.94. The molecule has 1 rings (SSSR count). The molecule has 3 heteroatoms. The van der Waals surface area contributed by atoms with E-state index in [2.05, 4.69) is 0 Å². The van der Waals surface area contributed by atoms with Crippen molar-refractivity contribution in [3.05, 3.63) is 24.2 Å². The summed E-state index contributed by atoms with van der Waals surface area (Å²) in [6.07, 6.45) is 2.95. The Hall–Kier alpha value is -1.25. The minimum absolute atomic E-state index is 0.169. The lowest BCUT2D eigenvalue weighted by Crippen LogP contribution is -2.20. The maximum absolute atomic E-state index is 10.9. The highest BCUT2D eigenvalue weighted by Gasteiger charge is 2.21. The first-order chi connectivity index (χ1) is 6.61. The number of hydrogen-bond donors (Lipinski definition) is 1. The lowest BCUT2D eigenvalue weighted by atomic mass is 9.91. The van der Waals surface area contributed by atoms with Crippen LogP contribution in [-0.2, 0) is 11.2 Å². The predicted octanol–water partition coefficient (Wildman–Crippen LogP) is 2.57. The van der Waals surface area contributed by atoms with Crippen molar-refractivity contribution < 1.29 is 14.3 Å². The number of hydrogen-bond acceptors (Lipinski definition) is 2. The molecule has 0 spiro atoms. The first kappa shape index (κ1) is 10.8. The van der Waals surface area contributed by atoms with E-state index in [0.717, 1.165) is 5.76 Å². The maximum Gasteiger partial charge on any atom is 0.306 e. The van der Waals surface area contributed by atoms with Gasteiger partial charge in [-0.05, 0) is 24.5 Å². The smallest absolute Gasteiger partial charge is 0.306 e. The van der Waals surface area contributed by atoms with Crippen LogP contribution in [-0.4, -0.2) is 11.1 Å². The van der Waals surface area contributed by atoms with Crippen molar-refractivity contribution >= 4 is 5.97 Å². The van der Waals surface area contributed by atoms with Gasteiger partial charge in [0.05, 0.1) is 12.2 Å². The summed E-state index contributed by atoms with van der Waals surface area (Å²) in [4.78, 5) is 10.9. The first-order valence-electron chi connectivity index (χ1n) is 4.86. The SMILES string of the molecule is CC(C)C(CCc1ccco1)C(=O)O. The number of carboxylic acids is 1. The van der Waals surface area contributed by atoms with Gasteiger partial charge in [0.2, 0.25) is 0 Å². The summed E-state index contributed by atoms with van der Waals surface area (Å²) in [6.45, 7) is 3.86. The Labute approximate surface area is 83.7 Å². The molecule has 3 nitrogen and oxygen atoms in total. The number of furan rings is 1. The van der Waals surface area contributed by atoms with E-state index in [1.54, 1.807) is 6.26 Å². The highest BCUT2D eigenvalue weighted by atomic mass is 16.4. The van der Waals surface area contributed by atoms with Gasteiger partial charge < -0.3 is 9.52 Å². The zero-order valence-corrected chi connectivity index (χ0v) is 8.56. The minimum atomic E-state index is -0.716. The van der Waals surface area contributed by atoms with Gasteiger partial charge in [0.15, 0.2) is 0 Å². The Morgan fingerprint density at radius 1 is 1.57 bits per heavy atom. The minimum Gasteiger partial charge on any atom is -0.481 e. The summed E-state index contributed by atoms with van der Waals surface area (Å²) >= 11 is 0. The molecule has 14 heavy (non-hydrogen) atoms. The van der Waals surface area contributed by atoms with Crippen LogP contribution in [0.2, 0.25) is 0 Å². The lowest BCUT2D eigenvalue weighted by Gasteiger charge is -2.14. The van der Waals surface area contributed by atoms with Crippen molar-refractivity contribution in [2.24, 2.45) is 11.8 Å². The molecular formula is C11H16O3. The molecule has 0 radical (unpaired) electrons. The largest absolute Gasteiger partial charge is 0.481 e. The molecule has 1 unspecified atom stereocenters. The third kappa shape index (κ3) is 2.91. The quantitative estimate of drug-likeness (QED) is 0.787. The molecule has 0 aliphatic heterocycles. The summed E-state index contributed by atoms with van der Waals surface area (Å²) in [6, 6.07) is 3.69. The molecule has 0 bridgehead atoms. The fraction of sp³-hybridized carbons (Fsp3) is 0.545. The molecule has 0 amide bonds. The van der Waals surface area contributed by atoms with Gasteiger partial charge in [-0.1, -0.05) is 13.8 Å². The van der Waals surface area contributed by atoms with Crippen LogP contribution in [0.25, 0.3) is 0 Å². The zero-order chi connectivity index (χ0) is 10.6. The van der Waals surface area contributed by atoms with Crippen molar-refractivity contribution in [3.8, 4) is 0 Å². The normalized spacial score (nSPS) is 13.1. The average Bonchev–Trinajstić information content (AvgIpc) is 2.55. The Balaban J connectivity index is 2.45. The fourth-order valence-electron chi connectivity index (χ4n) is 1.49. The summed E-state index contributed by atoms with van der Waals surface area (Å²) in [5.74, 6) is 0.0334. The van der Waals surface area contributed by atoms with E-state index in [0.29, 0.717) is 12.8 Å². The molecule has 0 saturated heterocycles. The van der Waals surface area contributed by atoms with Gasteiger partial charge in [-0.25, -0.2) is 0 Å². The van der Waals surface area contributed by atoms with Gasteiger partial charge in [-0.15, -0.1) is 0 Å². The molecule has 1 N–H and O–H groups in total. The topological polar surface area (TPSA) is 50.4 Å². The fourth-order valence-corrected chi connectivity index (χ4v) is 1.49. The highest BCUT2D eigenvalue weighted by Crippen LogP contribution is 2.18. The van der Waals surface area contributed by atoms with Gasteiger partial charge in [0.25, 0.3) is 0 Å². The Bertz CT molecular complexity index is 275. The maximum atomic E-state index is 10.9. The van der Waals surface area contributed by atoms with Crippen LogP contribution in [0.1, 0.15) is 26.0 Å². The number of aliphatic carboxylic acids is 1. The van der Waals surface area contributed by atoms with Crippen LogP contribution in [0.5, 0.6) is 0 Å². The van der Waals surface area contributed by atoms with Crippen LogP contribution < -0.4 is 0 Å². The molecule has 1 heterocycles. The monoisotopic (exact) mass is 196 g/mol.